The molecule has 6 atom stereocenters. The van der Waals surface area contributed by atoms with E-state index in [1.165, 1.54) is 33.4 Å². The van der Waals surface area contributed by atoms with Crippen LogP contribution >= 0.6 is 0 Å². The first kappa shape index (κ1) is 52.2. The number of carbonyl (C=O) groups is 2. The largest absolute Gasteiger partial charge is 0.485 e. The Hall–Kier alpha value is -5.60. The third kappa shape index (κ3) is 14.5. The lowest BCUT2D eigenvalue weighted by atomic mass is 9.75. The molecule has 0 bridgehead atoms. The molecule has 0 saturated carbocycles. The zero-order chi connectivity index (χ0) is 50.0. The number of amides is 2. The minimum Gasteiger partial charge on any atom is -0.485 e. The Kier molecular flexibility index (Phi) is 17.9. The van der Waals surface area contributed by atoms with Crippen molar-refractivity contribution in [3.8, 4) is 11.5 Å². The summed E-state index contributed by atoms with van der Waals surface area (Å²) in [5.74, 6) is 0.707. The van der Waals surface area contributed by atoms with Gasteiger partial charge in [-0.05, 0) is 125 Å². The number of nitrogens with two attached hydrogens (primary N) is 1. The summed E-state index contributed by atoms with van der Waals surface area (Å²) in [7, 11) is 0. The van der Waals surface area contributed by atoms with Crippen molar-refractivity contribution < 1.29 is 29.3 Å². The Morgan fingerprint density at radius 1 is 0.829 bits per heavy atom. The van der Waals surface area contributed by atoms with Gasteiger partial charge in [-0.2, -0.15) is 0 Å². The van der Waals surface area contributed by atoms with E-state index in [1.807, 2.05) is 55.1 Å². The molecule has 0 radical (unpaired) electrons. The Balaban J connectivity index is 0.907. The minimum absolute atomic E-state index is 0.0104. The number of hydrogen-bond donors (Lipinski definition) is 5. The fourth-order valence-electron chi connectivity index (χ4n) is 10.7. The van der Waals surface area contributed by atoms with Crippen molar-refractivity contribution in [1.82, 2.24) is 30.5 Å². The lowest BCUT2D eigenvalue weighted by Crippen LogP contribution is -2.54. The first-order chi connectivity index (χ1) is 33.5. The maximum atomic E-state index is 13.2. The quantitative estimate of drug-likeness (QED) is 0.0405. The normalized spacial score (nSPS) is 19.2. The Morgan fingerprint density at radius 2 is 1.46 bits per heavy atom. The number of nitrogens with zero attached hydrogens (tertiary/aromatic N) is 4. The third-order valence-corrected chi connectivity index (χ3v) is 13.8. The molecule has 3 heterocycles. The maximum absolute atomic E-state index is 13.2. The number of aromatic nitrogens is 3. The van der Waals surface area contributed by atoms with E-state index >= 15 is 0 Å². The summed E-state index contributed by atoms with van der Waals surface area (Å²) >= 11 is 0. The molecule has 0 aliphatic carbocycles. The van der Waals surface area contributed by atoms with Crippen LogP contribution in [0, 0.1) is 33.6 Å². The molecular weight excluding hydrogens is 879 g/mol. The molecule has 0 spiro atoms. The lowest BCUT2D eigenvalue weighted by Gasteiger charge is -2.50. The van der Waals surface area contributed by atoms with Crippen molar-refractivity contribution >= 4 is 11.8 Å². The van der Waals surface area contributed by atoms with E-state index < -0.39 is 29.7 Å². The van der Waals surface area contributed by atoms with E-state index in [2.05, 4.69) is 109 Å². The number of carbonyl (C=O) groups excluding carboxylic acids is 2. The smallest absolute Gasteiger partial charge is 0.251 e. The zero-order valence-electron chi connectivity index (χ0n) is 42.5. The van der Waals surface area contributed by atoms with Crippen molar-refractivity contribution in [2.24, 2.45) is 11.7 Å². The molecule has 2 aliphatic rings. The average Bonchev–Trinajstić information content (AvgIpc) is 3.74. The van der Waals surface area contributed by atoms with Gasteiger partial charge in [0.15, 0.2) is 11.5 Å². The number of hydrogen-bond acceptors (Lipinski definition) is 10. The molecule has 2 amide bonds. The molecule has 1 saturated heterocycles. The van der Waals surface area contributed by atoms with E-state index in [-0.39, 0.29) is 23.9 Å². The van der Waals surface area contributed by atoms with Gasteiger partial charge in [0.05, 0.1) is 11.3 Å². The number of aliphatic hydroxyl groups excluding tert-OH is 1. The average molecular weight is 956 g/mol. The molecule has 5 aromatic rings. The van der Waals surface area contributed by atoms with Crippen LogP contribution in [0.3, 0.4) is 0 Å². The highest BCUT2D eigenvalue weighted by molar-refractivity contribution is 5.89. The van der Waals surface area contributed by atoms with Crippen LogP contribution in [0.2, 0.25) is 0 Å². The molecule has 2 aliphatic heterocycles. The van der Waals surface area contributed by atoms with Gasteiger partial charge in [-0.1, -0.05) is 121 Å². The van der Waals surface area contributed by atoms with Gasteiger partial charge in [-0.3, -0.25) is 19.2 Å². The number of aryl methyl sites for hydroxylation is 5. The molecule has 4 aromatic carbocycles. The molecule has 6 N–H and O–H groups in total. The van der Waals surface area contributed by atoms with Crippen LogP contribution in [0.1, 0.15) is 128 Å². The zero-order valence-corrected chi connectivity index (χ0v) is 42.5. The second-order valence-corrected chi connectivity index (χ2v) is 20.9. The molecule has 3 unspecified atom stereocenters. The predicted molar refractivity (Wildman–Crippen MR) is 274 cm³/mol. The van der Waals surface area contributed by atoms with Gasteiger partial charge >= 0.3 is 0 Å². The fourth-order valence-corrected chi connectivity index (χ4v) is 10.7. The molecule has 70 heavy (non-hydrogen) atoms. The van der Waals surface area contributed by atoms with Gasteiger partial charge in [0.25, 0.3) is 5.91 Å². The summed E-state index contributed by atoms with van der Waals surface area (Å²) < 4.78 is 15.1. The summed E-state index contributed by atoms with van der Waals surface area (Å²) in [5, 5.41) is 37.7. The highest BCUT2D eigenvalue weighted by Crippen LogP contribution is 2.47. The van der Waals surface area contributed by atoms with Crippen LogP contribution in [0.5, 0.6) is 11.5 Å². The number of piperidine rings is 1. The molecule has 376 valence electrons. The summed E-state index contributed by atoms with van der Waals surface area (Å²) in [6, 6.07) is 25.5. The lowest BCUT2D eigenvalue weighted by molar-refractivity contribution is -0.135. The molecule has 1 aromatic heterocycles. The van der Waals surface area contributed by atoms with Crippen LogP contribution in [-0.4, -0.2) is 84.8 Å². The van der Waals surface area contributed by atoms with Gasteiger partial charge in [-0.25, -0.2) is 0 Å². The molecule has 13 nitrogen and oxygen atoms in total. The second kappa shape index (κ2) is 24.0. The number of unbranched alkanes of at least 4 members (excludes halogenated alkanes) is 3. The summed E-state index contributed by atoms with van der Waals surface area (Å²) in [4.78, 5) is 28.7. The topological polar surface area (TPSA) is 177 Å². The number of aliphatic hydroxyl groups is 2. The van der Waals surface area contributed by atoms with Crippen LogP contribution in [0.15, 0.2) is 85.1 Å². The van der Waals surface area contributed by atoms with Crippen molar-refractivity contribution in [3.05, 3.63) is 141 Å². The number of fused-ring (bicyclic) bond motifs is 3. The van der Waals surface area contributed by atoms with E-state index in [0.29, 0.717) is 64.2 Å². The van der Waals surface area contributed by atoms with E-state index in [0.717, 1.165) is 66.8 Å². The molecule has 1 fully saturated rings. The molecular formula is C57H77N7O6. The number of ether oxygens (including phenoxy) is 2. The standard InChI is InChI=1S/C57H77N7O6/c1-37(2)21-50(60-56(67)54(65)49(58)28-43-15-11-10-12-16-43)55(66)59-18-13-8-9-14-19-63-34-47(61-62-63)32-57(68)31-42(7)64-20-17-46-29-52(69-35-44-24-38(3)22-39(4)25-44)53(30-48(46)51(64)33-57)70-36-45-26-40(5)23-41(6)27-45/h10-12,15-16,22-27,29-30,34,37,42,49-51,54,65,68H,8-9,13-14,17-21,28,31-33,35-36,58H2,1-7H3,(H,59,66)(H,60,67)/t42?,49-,50-,51?,54+,57?/m1/s1. The predicted octanol–water partition coefficient (Wildman–Crippen LogP) is 7.86. The summed E-state index contributed by atoms with van der Waals surface area (Å²) in [6.45, 7) is 17.6. The highest BCUT2D eigenvalue weighted by atomic mass is 16.5. The van der Waals surface area contributed by atoms with Crippen molar-refractivity contribution in [1.29, 1.82) is 0 Å². The SMILES string of the molecule is Cc1cc(C)cc(COc2cc3c(cc2OCc2cc(C)cc(C)c2)C2CC(O)(Cc4cn(CCCCCCNC(=O)[C@@H](CC(C)C)NC(=O)[C@@H](O)[C@H](N)Cc5ccccc5)nn4)CC(C)N2CC3)c1. The highest BCUT2D eigenvalue weighted by Gasteiger charge is 2.45. The second-order valence-electron chi connectivity index (χ2n) is 20.9. The Labute approximate surface area is 415 Å². The van der Waals surface area contributed by atoms with Gasteiger partial charge in [0, 0.05) is 50.4 Å². The number of benzene rings is 4. The summed E-state index contributed by atoms with van der Waals surface area (Å²) in [6.07, 6.45) is 7.37. The third-order valence-electron chi connectivity index (χ3n) is 13.8. The van der Waals surface area contributed by atoms with Gasteiger partial charge < -0.3 is 36.1 Å². The first-order valence-electron chi connectivity index (χ1n) is 25.5. The van der Waals surface area contributed by atoms with Crippen LogP contribution < -0.4 is 25.8 Å². The van der Waals surface area contributed by atoms with Gasteiger partial charge in [0.1, 0.15) is 25.4 Å². The maximum Gasteiger partial charge on any atom is 0.251 e. The van der Waals surface area contributed by atoms with E-state index in [4.69, 9.17) is 15.2 Å². The monoisotopic (exact) mass is 956 g/mol. The Bertz CT molecular complexity index is 2490. The molecule has 13 heteroatoms. The first-order valence-corrected chi connectivity index (χ1v) is 25.5. The van der Waals surface area contributed by atoms with E-state index in [1.54, 1.807) is 0 Å². The van der Waals surface area contributed by atoms with Crippen molar-refractivity contribution in [2.45, 2.75) is 168 Å². The van der Waals surface area contributed by atoms with Gasteiger partial charge in [-0.15, -0.1) is 5.10 Å². The van der Waals surface area contributed by atoms with Crippen LogP contribution in [-0.2, 0) is 48.6 Å². The van der Waals surface area contributed by atoms with Crippen molar-refractivity contribution in [2.75, 3.05) is 13.1 Å². The van der Waals surface area contributed by atoms with Crippen LogP contribution in [0.4, 0.5) is 0 Å². The number of rotatable bonds is 23. The van der Waals surface area contributed by atoms with Gasteiger partial charge in [0.2, 0.25) is 5.91 Å². The van der Waals surface area contributed by atoms with Crippen molar-refractivity contribution in [3.63, 3.8) is 0 Å². The fraction of sp³-hybridized carbons (Fsp3) is 0.509. The summed E-state index contributed by atoms with van der Waals surface area (Å²) in [5.41, 5.74) is 16.4. The van der Waals surface area contributed by atoms with E-state index in [9.17, 15) is 19.8 Å². The minimum atomic E-state index is -1.44. The number of nitrogens with one attached hydrogen (secondary N) is 2. The van der Waals surface area contributed by atoms with Crippen LogP contribution in [0.25, 0.3) is 0 Å². The Morgan fingerprint density at radius 3 is 2.10 bits per heavy atom. The molecule has 7 rings (SSSR count).